The van der Waals surface area contributed by atoms with Gasteiger partial charge in [0.05, 0.1) is 23.7 Å². The summed E-state index contributed by atoms with van der Waals surface area (Å²) in [5, 5.41) is 6.40. The number of benzene rings is 1. The summed E-state index contributed by atoms with van der Waals surface area (Å²) in [7, 11) is 0. The van der Waals surface area contributed by atoms with E-state index in [-0.39, 0.29) is 0 Å². The molecule has 0 fully saturated rings. The van der Waals surface area contributed by atoms with Crippen LogP contribution in [-0.4, -0.2) is 20.2 Å². The van der Waals surface area contributed by atoms with Gasteiger partial charge in [0, 0.05) is 5.56 Å². The van der Waals surface area contributed by atoms with E-state index < -0.39 is 17.8 Å². The fourth-order valence-corrected chi connectivity index (χ4v) is 1.74. The predicted octanol–water partition coefficient (Wildman–Crippen LogP) is 3.10. The summed E-state index contributed by atoms with van der Waals surface area (Å²) in [4.78, 5) is 8.26. The van der Waals surface area contributed by atoms with Crippen LogP contribution in [0, 0.1) is 5.82 Å². The third-order valence-electron chi connectivity index (χ3n) is 2.68. The second-order valence-corrected chi connectivity index (χ2v) is 3.90. The number of aromatic amines is 1. The SMILES string of the molecule is Fc1ccc(-c2cnc3cn[nH]c3n2)cc1C(F)F. The maximum Gasteiger partial charge on any atom is 0.266 e. The van der Waals surface area contributed by atoms with Gasteiger partial charge in [-0.15, -0.1) is 0 Å². The molecule has 0 spiro atoms. The highest BCUT2D eigenvalue weighted by Crippen LogP contribution is 2.27. The molecular weight excluding hydrogens is 257 g/mol. The molecule has 0 saturated heterocycles. The molecule has 0 radical (unpaired) electrons. The molecule has 19 heavy (non-hydrogen) atoms. The third kappa shape index (κ3) is 2.03. The molecule has 4 nitrogen and oxygen atoms in total. The minimum absolute atomic E-state index is 0.374. The van der Waals surface area contributed by atoms with Crippen LogP contribution in [0.25, 0.3) is 22.4 Å². The molecule has 2 heterocycles. The molecular formula is C12H7F3N4. The van der Waals surface area contributed by atoms with Gasteiger partial charge in [-0.3, -0.25) is 5.10 Å². The lowest BCUT2D eigenvalue weighted by Crippen LogP contribution is -1.93. The number of H-pyrrole nitrogens is 1. The molecule has 0 bridgehead atoms. The van der Waals surface area contributed by atoms with Crippen LogP contribution in [0.15, 0.2) is 30.6 Å². The van der Waals surface area contributed by atoms with E-state index in [1.807, 2.05) is 0 Å². The Balaban J connectivity index is 2.12. The molecule has 0 aliphatic heterocycles. The van der Waals surface area contributed by atoms with Gasteiger partial charge in [0.1, 0.15) is 11.3 Å². The Bertz CT molecular complexity index is 739. The molecule has 3 rings (SSSR count). The maximum absolute atomic E-state index is 13.2. The molecule has 1 N–H and O–H groups in total. The van der Waals surface area contributed by atoms with Gasteiger partial charge in [-0.2, -0.15) is 5.10 Å². The van der Waals surface area contributed by atoms with Crippen LogP contribution >= 0.6 is 0 Å². The smallest absolute Gasteiger partial charge is 0.259 e. The first kappa shape index (κ1) is 11.6. The van der Waals surface area contributed by atoms with E-state index in [0.717, 1.165) is 12.1 Å². The second-order valence-electron chi connectivity index (χ2n) is 3.90. The molecule has 3 aromatic rings. The van der Waals surface area contributed by atoms with Gasteiger partial charge in [-0.25, -0.2) is 23.1 Å². The monoisotopic (exact) mass is 264 g/mol. The maximum atomic E-state index is 13.2. The molecule has 0 aliphatic rings. The zero-order valence-electron chi connectivity index (χ0n) is 9.44. The van der Waals surface area contributed by atoms with Gasteiger partial charge in [0.2, 0.25) is 0 Å². The minimum Gasteiger partial charge on any atom is -0.259 e. The van der Waals surface area contributed by atoms with Crippen molar-refractivity contribution >= 4 is 11.2 Å². The molecule has 0 aliphatic carbocycles. The number of alkyl halides is 2. The first-order valence-electron chi connectivity index (χ1n) is 5.39. The highest BCUT2D eigenvalue weighted by atomic mass is 19.3. The lowest BCUT2D eigenvalue weighted by molar-refractivity contribution is 0.146. The fourth-order valence-electron chi connectivity index (χ4n) is 1.74. The van der Waals surface area contributed by atoms with Crippen molar-refractivity contribution in [2.45, 2.75) is 6.43 Å². The van der Waals surface area contributed by atoms with Gasteiger partial charge in [-0.05, 0) is 18.2 Å². The van der Waals surface area contributed by atoms with Crippen molar-refractivity contribution in [3.8, 4) is 11.3 Å². The molecule has 0 amide bonds. The van der Waals surface area contributed by atoms with Gasteiger partial charge in [-0.1, -0.05) is 0 Å². The Morgan fingerprint density at radius 2 is 2.00 bits per heavy atom. The second kappa shape index (κ2) is 4.34. The molecule has 0 unspecified atom stereocenters. The number of aromatic nitrogens is 4. The van der Waals surface area contributed by atoms with Crippen molar-refractivity contribution < 1.29 is 13.2 Å². The molecule has 0 saturated carbocycles. The van der Waals surface area contributed by atoms with Crippen LogP contribution in [0.2, 0.25) is 0 Å². The minimum atomic E-state index is -2.87. The number of halogens is 3. The number of nitrogens with zero attached hydrogens (tertiary/aromatic N) is 3. The molecule has 1 aromatic carbocycles. The highest BCUT2D eigenvalue weighted by Gasteiger charge is 2.15. The number of nitrogens with one attached hydrogen (secondary N) is 1. The number of hydrogen-bond donors (Lipinski definition) is 1. The number of rotatable bonds is 2. The van der Waals surface area contributed by atoms with E-state index in [0.29, 0.717) is 22.4 Å². The zero-order valence-corrected chi connectivity index (χ0v) is 9.44. The zero-order chi connectivity index (χ0) is 13.4. The average Bonchev–Trinajstić information content (AvgIpc) is 2.86. The van der Waals surface area contributed by atoms with Crippen molar-refractivity contribution in [3.63, 3.8) is 0 Å². The molecule has 0 atom stereocenters. The highest BCUT2D eigenvalue weighted by molar-refractivity contribution is 5.72. The standard InChI is InChI=1S/C12H7F3N4/c13-8-2-1-6(3-7(8)11(14)15)9-4-16-10-5-17-19-12(10)18-9/h1-5,11H,(H,17,18,19). The van der Waals surface area contributed by atoms with E-state index in [1.165, 1.54) is 18.5 Å². The Hall–Kier alpha value is -2.44. The summed E-state index contributed by atoms with van der Waals surface area (Å²) in [6, 6.07) is 3.45. The number of fused-ring (bicyclic) bond motifs is 1. The quantitative estimate of drug-likeness (QED) is 0.773. The predicted molar refractivity (Wildman–Crippen MR) is 62.0 cm³/mol. The topological polar surface area (TPSA) is 54.5 Å². The van der Waals surface area contributed by atoms with Crippen molar-refractivity contribution in [1.29, 1.82) is 0 Å². The third-order valence-corrected chi connectivity index (χ3v) is 2.68. The van der Waals surface area contributed by atoms with E-state index in [2.05, 4.69) is 20.2 Å². The summed E-state index contributed by atoms with van der Waals surface area (Å²) < 4.78 is 38.5. The lowest BCUT2D eigenvalue weighted by atomic mass is 10.1. The van der Waals surface area contributed by atoms with Crippen molar-refractivity contribution in [3.05, 3.63) is 42.0 Å². The Labute approximate surface area is 105 Å². The Kier molecular flexibility index (Phi) is 2.66. The van der Waals surface area contributed by atoms with E-state index in [1.54, 1.807) is 0 Å². The largest absolute Gasteiger partial charge is 0.266 e. The van der Waals surface area contributed by atoms with E-state index in [9.17, 15) is 13.2 Å². The summed E-state index contributed by atoms with van der Waals surface area (Å²) >= 11 is 0. The average molecular weight is 264 g/mol. The van der Waals surface area contributed by atoms with Gasteiger partial charge < -0.3 is 0 Å². The van der Waals surface area contributed by atoms with E-state index in [4.69, 9.17) is 0 Å². The van der Waals surface area contributed by atoms with Crippen molar-refractivity contribution in [2.24, 2.45) is 0 Å². The van der Waals surface area contributed by atoms with Crippen LogP contribution in [0.3, 0.4) is 0 Å². The van der Waals surface area contributed by atoms with Crippen molar-refractivity contribution in [1.82, 2.24) is 20.2 Å². The lowest BCUT2D eigenvalue weighted by Gasteiger charge is -2.05. The molecule has 7 heteroatoms. The summed E-state index contributed by atoms with van der Waals surface area (Å²) in [5.41, 5.74) is 1.11. The van der Waals surface area contributed by atoms with Crippen LogP contribution in [-0.2, 0) is 0 Å². The molecule has 2 aromatic heterocycles. The first-order valence-corrected chi connectivity index (χ1v) is 5.39. The summed E-state index contributed by atoms with van der Waals surface area (Å²) in [6.45, 7) is 0. The summed E-state index contributed by atoms with van der Waals surface area (Å²) in [5.74, 6) is -0.936. The van der Waals surface area contributed by atoms with Gasteiger partial charge >= 0.3 is 0 Å². The molecule has 96 valence electrons. The van der Waals surface area contributed by atoms with E-state index >= 15 is 0 Å². The van der Waals surface area contributed by atoms with Crippen LogP contribution in [0.4, 0.5) is 13.2 Å². The normalized spacial score (nSPS) is 11.4. The number of hydrogen-bond acceptors (Lipinski definition) is 3. The Morgan fingerprint density at radius 3 is 2.79 bits per heavy atom. The summed E-state index contributed by atoms with van der Waals surface area (Å²) in [6.07, 6.45) is 0.0608. The Morgan fingerprint density at radius 1 is 1.16 bits per heavy atom. The van der Waals surface area contributed by atoms with Gasteiger partial charge in [0.25, 0.3) is 6.43 Å². The van der Waals surface area contributed by atoms with Crippen molar-refractivity contribution in [2.75, 3.05) is 0 Å². The van der Waals surface area contributed by atoms with Crippen LogP contribution in [0.1, 0.15) is 12.0 Å². The first-order chi connectivity index (χ1) is 9.15. The fraction of sp³-hybridized carbons (Fsp3) is 0.0833. The van der Waals surface area contributed by atoms with Gasteiger partial charge in [0.15, 0.2) is 5.65 Å². The van der Waals surface area contributed by atoms with Crippen LogP contribution < -0.4 is 0 Å². The van der Waals surface area contributed by atoms with Crippen LogP contribution in [0.5, 0.6) is 0 Å².